The molecule has 1 aromatic heterocycles. The van der Waals surface area contributed by atoms with E-state index < -0.39 is 17.9 Å². The van der Waals surface area contributed by atoms with E-state index in [0.29, 0.717) is 12.2 Å². The first-order valence-electron chi connectivity index (χ1n) is 6.69. The summed E-state index contributed by atoms with van der Waals surface area (Å²) >= 11 is 0. The topological polar surface area (TPSA) is 109 Å². The summed E-state index contributed by atoms with van der Waals surface area (Å²) in [4.78, 5) is 22.5. The van der Waals surface area contributed by atoms with E-state index in [2.05, 4.69) is 20.8 Å². The third kappa shape index (κ3) is 4.87. The Morgan fingerprint density at radius 1 is 1.40 bits per heavy atom. The second kappa shape index (κ2) is 8.13. The fourth-order valence-corrected chi connectivity index (χ4v) is 1.78. The Bertz CT molecular complexity index is 446. The molecule has 0 radical (unpaired) electrons. The van der Waals surface area contributed by atoms with E-state index in [1.807, 2.05) is 18.4 Å². The van der Waals surface area contributed by atoms with Gasteiger partial charge < -0.3 is 20.3 Å². The molecule has 0 saturated carbocycles. The van der Waals surface area contributed by atoms with Crippen molar-refractivity contribution in [3.8, 4) is 0 Å². The zero-order valence-corrected chi connectivity index (χ0v) is 11.8. The van der Waals surface area contributed by atoms with Crippen LogP contribution in [0.25, 0.3) is 0 Å². The number of urea groups is 1. The van der Waals surface area contributed by atoms with Crippen LogP contribution in [0, 0.1) is 5.92 Å². The van der Waals surface area contributed by atoms with Crippen molar-refractivity contribution in [2.24, 2.45) is 5.92 Å². The highest BCUT2D eigenvalue weighted by Gasteiger charge is 2.17. The van der Waals surface area contributed by atoms with Gasteiger partial charge in [-0.15, -0.1) is 10.2 Å². The molecule has 0 bridgehead atoms. The van der Waals surface area contributed by atoms with Crippen LogP contribution in [0.2, 0.25) is 0 Å². The molecule has 0 spiro atoms. The first-order valence-corrected chi connectivity index (χ1v) is 6.69. The summed E-state index contributed by atoms with van der Waals surface area (Å²) in [7, 11) is 0. The van der Waals surface area contributed by atoms with E-state index in [9.17, 15) is 9.59 Å². The lowest BCUT2D eigenvalue weighted by atomic mass is 10.0. The normalized spacial score (nSPS) is 11.9. The number of aromatic nitrogens is 3. The molecule has 0 aliphatic carbocycles. The molecule has 0 aliphatic heterocycles. The molecule has 112 valence electrons. The Balaban J connectivity index is 2.35. The van der Waals surface area contributed by atoms with Gasteiger partial charge in [0, 0.05) is 13.1 Å². The van der Waals surface area contributed by atoms with Crippen molar-refractivity contribution in [2.75, 3.05) is 6.54 Å². The average Bonchev–Trinajstić information content (AvgIpc) is 2.88. The summed E-state index contributed by atoms with van der Waals surface area (Å²) in [5.41, 5.74) is 0. The van der Waals surface area contributed by atoms with Crippen LogP contribution >= 0.6 is 0 Å². The predicted molar refractivity (Wildman–Crippen MR) is 72.0 cm³/mol. The Morgan fingerprint density at radius 3 is 2.75 bits per heavy atom. The summed E-state index contributed by atoms with van der Waals surface area (Å²) in [5, 5.41) is 21.8. The van der Waals surface area contributed by atoms with E-state index in [-0.39, 0.29) is 13.1 Å². The number of amides is 2. The first kappa shape index (κ1) is 15.9. The summed E-state index contributed by atoms with van der Waals surface area (Å²) < 4.78 is 1.82. The molecule has 1 aromatic rings. The van der Waals surface area contributed by atoms with Crippen LogP contribution in [0.5, 0.6) is 0 Å². The number of aliphatic carboxylic acids is 1. The lowest BCUT2D eigenvalue weighted by Crippen LogP contribution is -2.40. The quantitative estimate of drug-likeness (QED) is 0.647. The monoisotopic (exact) mass is 283 g/mol. The highest BCUT2D eigenvalue weighted by atomic mass is 16.4. The number of carbonyl (C=O) groups is 2. The maximum Gasteiger partial charge on any atom is 0.315 e. The molecular weight excluding hydrogens is 262 g/mol. The summed E-state index contributed by atoms with van der Waals surface area (Å²) in [6, 6.07) is -0.405. The maximum absolute atomic E-state index is 11.6. The van der Waals surface area contributed by atoms with Crippen molar-refractivity contribution >= 4 is 12.0 Å². The maximum atomic E-state index is 11.6. The summed E-state index contributed by atoms with van der Waals surface area (Å²) in [6.07, 6.45) is 2.90. The number of carboxylic acids is 1. The van der Waals surface area contributed by atoms with Crippen LogP contribution in [0.4, 0.5) is 4.79 Å². The second-order valence-corrected chi connectivity index (χ2v) is 4.42. The number of hydrogen-bond acceptors (Lipinski definition) is 4. The number of carboxylic acid groups (broad SMARTS) is 1. The molecule has 2 amide bonds. The van der Waals surface area contributed by atoms with Gasteiger partial charge in [0.1, 0.15) is 6.33 Å². The minimum atomic E-state index is -0.891. The first-order chi connectivity index (χ1) is 9.58. The molecule has 0 aliphatic rings. The molecule has 20 heavy (non-hydrogen) atoms. The molecule has 1 heterocycles. The summed E-state index contributed by atoms with van der Waals surface area (Å²) in [6.45, 7) is 4.96. The highest BCUT2D eigenvalue weighted by Crippen LogP contribution is 2.04. The van der Waals surface area contributed by atoms with Gasteiger partial charge in [-0.3, -0.25) is 4.79 Å². The SMILES string of the molecule is CCCC(CNC(=O)NCc1nncn1CC)C(=O)O. The van der Waals surface area contributed by atoms with Crippen LogP contribution in [0.1, 0.15) is 32.5 Å². The third-order valence-corrected chi connectivity index (χ3v) is 2.94. The predicted octanol–water partition coefficient (Wildman–Crippen LogP) is 0.598. The molecular formula is C12H21N5O3. The minimum Gasteiger partial charge on any atom is -0.481 e. The molecule has 0 fully saturated rings. The van der Waals surface area contributed by atoms with E-state index >= 15 is 0 Å². The fraction of sp³-hybridized carbons (Fsp3) is 0.667. The van der Waals surface area contributed by atoms with Gasteiger partial charge in [0.25, 0.3) is 0 Å². The van der Waals surface area contributed by atoms with Crippen molar-refractivity contribution in [3.05, 3.63) is 12.2 Å². The Labute approximate surface area is 117 Å². The standard InChI is InChI=1S/C12H21N5O3/c1-3-5-9(11(18)19)6-13-12(20)14-7-10-16-15-8-17(10)4-2/h8-9H,3-7H2,1-2H3,(H,18,19)(H2,13,14,20). The van der Waals surface area contributed by atoms with Gasteiger partial charge in [-0.2, -0.15) is 0 Å². The van der Waals surface area contributed by atoms with Crippen LogP contribution in [0.3, 0.4) is 0 Å². The van der Waals surface area contributed by atoms with E-state index in [1.165, 1.54) is 0 Å². The molecule has 8 nitrogen and oxygen atoms in total. The van der Waals surface area contributed by atoms with Crippen molar-refractivity contribution < 1.29 is 14.7 Å². The largest absolute Gasteiger partial charge is 0.481 e. The number of hydrogen-bond donors (Lipinski definition) is 3. The number of carbonyl (C=O) groups excluding carboxylic acids is 1. The molecule has 1 rings (SSSR count). The molecule has 1 unspecified atom stereocenters. The van der Waals surface area contributed by atoms with Gasteiger partial charge in [-0.05, 0) is 13.3 Å². The van der Waals surface area contributed by atoms with Crippen LogP contribution in [-0.4, -0.2) is 38.4 Å². The second-order valence-electron chi connectivity index (χ2n) is 4.42. The fourth-order valence-electron chi connectivity index (χ4n) is 1.78. The van der Waals surface area contributed by atoms with Crippen LogP contribution in [0.15, 0.2) is 6.33 Å². The molecule has 0 aromatic carbocycles. The zero-order valence-electron chi connectivity index (χ0n) is 11.8. The van der Waals surface area contributed by atoms with Crippen LogP contribution < -0.4 is 10.6 Å². The van der Waals surface area contributed by atoms with E-state index in [1.54, 1.807) is 6.33 Å². The van der Waals surface area contributed by atoms with Gasteiger partial charge in [0.2, 0.25) is 0 Å². The Hall–Kier alpha value is -2.12. The van der Waals surface area contributed by atoms with Crippen LogP contribution in [-0.2, 0) is 17.9 Å². The van der Waals surface area contributed by atoms with Gasteiger partial charge in [0.15, 0.2) is 5.82 Å². The van der Waals surface area contributed by atoms with Gasteiger partial charge >= 0.3 is 12.0 Å². The molecule has 8 heteroatoms. The van der Waals surface area contributed by atoms with Gasteiger partial charge in [-0.1, -0.05) is 13.3 Å². The Morgan fingerprint density at radius 2 is 2.15 bits per heavy atom. The van der Waals surface area contributed by atoms with Gasteiger partial charge in [0.05, 0.1) is 12.5 Å². The minimum absolute atomic E-state index is 0.121. The molecule has 3 N–H and O–H groups in total. The average molecular weight is 283 g/mol. The van der Waals surface area contributed by atoms with Gasteiger partial charge in [-0.25, -0.2) is 4.79 Å². The lowest BCUT2D eigenvalue weighted by Gasteiger charge is -2.13. The zero-order chi connectivity index (χ0) is 15.0. The van der Waals surface area contributed by atoms with E-state index in [4.69, 9.17) is 5.11 Å². The third-order valence-electron chi connectivity index (χ3n) is 2.94. The molecule has 1 atom stereocenters. The molecule has 0 saturated heterocycles. The highest BCUT2D eigenvalue weighted by molar-refractivity contribution is 5.75. The Kier molecular flexibility index (Phi) is 6.48. The number of nitrogens with one attached hydrogen (secondary N) is 2. The van der Waals surface area contributed by atoms with Crippen molar-refractivity contribution in [2.45, 2.75) is 39.8 Å². The number of nitrogens with zero attached hydrogens (tertiary/aromatic N) is 3. The van der Waals surface area contributed by atoms with E-state index in [0.717, 1.165) is 13.0 Å². The van der Waals surface area contributed by atoms with Crippen molar-refractivity contribution in [1.29, 1.82) is 0 Å². The smallest absolute Gasteiger partial charge is 0.315 e. The summed E-state index contributed by atoms with van der Waals surface area (Å²) in [5.74, 6) is -0.783. The lowest BCUT2D eigenvalue weighted by molar-refractivity contribution is -0.141. The number of rotatable bonds is 8. The van der Waals surface area contributed by atoms with Crippen molar-refractivity contribution in [1.82, 2.24) is 25.4 Å². The number of aryl methyl sites for hydroxylation is 1. The van der Waals surface area contributed by atoms with Crippen molar-refractivity contribution in [3.63, 3.8) is 0 Å².